The van der Waals surface area contributed by atoms with Crippen LogP contribution in [0.1, 0.15) is 161 Å². The fraction of sp³-hybridized carbons (Fsp3) is 0.818. The predicted octanol–water partition coefficient (Wildman–Crippen LogP) is 10.4. The van der Waals surface area contributed by atoms with Crippen molar-refractivity contribution in [2.75, 3.05) is 6.61 Å². The Morgan fingerprint density at radius 1 is 0.676 bits per heavy atom. The van der Waals surface area contributed by atoms with Gasteiger partial charge in [-0.05, 0) is 32.1 Å². The summed E-state index contributed by atoms with van der Waals surface area (Å²) < 4.78 is 5.04. The lowest BCUT2D eigenvalue weighted by molar-refractivity contribution is -0.152. The number of ether oxygens (including phenoxy) is 1. The van der Waals surface area contributed by atoms with Gasteiger partial charge in [0.1, 0.15) is 6.61 Å². The van der Waals surface area contributed by atoms with Gasteiger partial charge in [0.15, 0.2) is 0 Å². The van der Waals surface area contributed by atoms with E-state index in [-0.39, 0.29) is 13.0 Å². The van der Waals surface area contributed by atoms with Crippen molar-refractivity contribution in [3.8, 4) is 0 Å². The molecule has 0 aliphatic rings. The summed E-state index contributed by atoms with van der Waals surface area (Å²) in [4.78, 5) is 23.0. The Morgan fingerprint density at radius 3 is 1.49 bits per heavy atom. The van der Waals surface area contributed by atoms with Crippen LogP contribution in [0.3, 0.4) is 0 Å². The highest BCUT2D eigenvalue weighted by Gasteiger charge is 2.22. The fourth-order valence-electron chi connectivity index (χ4n) is 4.83. The van der Waals surface area contributed by atoms with E-state index in [1.807, 2.05) is 0 Å². The molecule has 0 radical (unpaired) electrons. The van der Waals surface area contributed by atoms with Crippen LogP contribution < -0.4 is 0 Å². The topological polar surface area (TPSA) is 63.6 Å². The highest BCUT2D eigenvalue weighted by atomic mass is 16.5. The van der Waals surface area contributed by atoms with Crippen molar-refractivity contribution < 1.29 is 19.4 Å². The number of hydrogen-bond donors (Lipinski definition) is 1. The van der Waals surface area contributed by atoms with Crippen molar-refractivity contribution in [1.82, 2.24) is 0 Å². The molecule has 0 aromatic rings. The van der Waals surface area contributed by atoms with Crippen molar-refractivity contribution in [2.24, 2.45) is 5.92 Å². The van der Waals surface area contributed by atoms with Crippen LogP contribution in [-0.4, -0.2) is 23.7 Å². The van der Waals surface area contributed by atoms with Crippen LogP contribution in [0.25, 0.3) is 0 Å². The average molecular weight is 521 g/mol. The van der Waals surface area contributed by atoms with Gasteiger partial charge in [0.2, 0.25) is 0 Å². The Labute approximate surface area is 229 Å². The first-order valence-corrected chi connectivity index (χ1v) is 15.8. The molecule has 0 heterocycles. The summed E-state index contributed by atoms with van der Waals surface area (Å²) >= 11 is 0. The summed E-state index contributed by atoms with van der Waals surface area (Å²) in [5, 5.41) is 9.02. The third kappa shape index (κ3) is 27.3. The Hall–Kier alpha value is -1.58. The fourth-order valence-corrected chi connectivity index (χ4v) is 4.83. The zero-order valence-electron chi connectivity index (χ0n) is 24.4. The van der Waals surface area contributed by atoms with E-state index in [0.29, 0.717) is 6.42 Å². The van der Waals surface area contributed by atoms with Gasteiger partial charge in [-0.3, -0.25) is 9.59 Å². The molecule has 0 rings (SSSR count). The van der Waals surface area contributed by atoms with Crippen LogP contribution in [0.4, 0.5) is 0 Å². The van der Waals surface area contributed by atoms with E-state index in [0.717, 1.165) is 19.3 Å². The lowest BCUT2D eigenvalue weighted by Gasteiger charge is -2.13. The molecule has 4 nitrogen and oxygen atoms in total. The highest BCUT2D eigenvalue weighted by Crippen LogP contribution is 2.18. The normalized spacial score (nSPS) is 12.1. The van der Waals surface area contributed by atoms with Crippen molar-refractivity contribution in [2.45, 2.75) is 161 Å². The molecule has 4 heteroatoms. The van der Waals surface area contributed by atoms with E-state index in [4.69, 9.17) is 9.84 Å². The molecule has 0 bridgehead atoms. The van der Waals surface area contributed by atoms with Crippen LogP contribution in [-0.2, 0) is 14.3 Å². The summed E-state index contributed by atoms with van der Waals surface area (Å²) in [7, 11) is 0. The van der Waals surface area contributed by atoms with Crippen molar-refractivity contribution >= 4 is 11.9 Å². The summed E-state index contributed by atoms with van der Waals surface area (Å²) in [6.45, 7) is 5.93. The molecule has 37 heavy (non-hydrogen) atoms. The molecule has 216 valence electrons. The maximum Gasteiger partial charge on any atom is 0.309 e. The SMILES string of the molecule is C=CCOC(=O)C(CCCCCCCCCCCCCCCCCCC/C=C/CCCCC)CC(=O)O. The molecular weight excluding hydrogens is 460 g/mol. The first kappa shape index (κ1) is 35.4. The lowest BCUT2D eigenvalue weighted by Crippen LogP contribution is -2.21. The van der Waals surface area contributed by atoms with Crippen LogP contribution in [0.15, 0.2) is 24.8 Å². The van der Waals surface area contributed by atoms with Crippen LogP contribution in [0, 0.1) is 5.92 Å². The summed E-state index contributed by atoms with van der Waals surface area (Å²) in [6.07, 6.45) is 35.6. The molecular formula is C33H60O4. The number of carbonyl (C=O) groups excluding carboxylic acids is 1. The summed E-state index contributed by atoms with van der Waals surface area (Å²) in [6, 6.07) is 0. The lowest BCUT2D eigenvalue weighted by atomic mass is 9.97. The number of unbranched alkanes of at least 4 members (excludes halogenated alkanes) is 20. The number of carbonyl (C=O) groups is 2. The van der Waals surface area contributed by atoms with E-state index in [9.17, 15) is 9.59 Å². The molecule has 0 fully saturated rings. The third-order valence-electron chi connectivity index (χ3n) is 7.16. The van der Waals surface area contributed by atoms with Gasteiger partial charge in [-0.25, -0.2) is 0 Å². The molecule has 0 amide bonds. The Morgan fingerprint density at radius 2 is 1.08 bits per heavy atom. The van der Waals surface area contributed by atoms with Gasteiger partial charge in [-0.1, -0.05) is 147 Å². The molecule has 0 saturated carbocycles. The van der Waals surface area contributed by atoms with E-state index >= 15 is 0 Å². The van der Waals surface area contributed by atoms with Gasteiger partial charge in [0, 0.05) is 0 Å². The van der Waals surface area contributed by atoms with Gasteiger partial charge in [0.05, 0.1) is 12.3 Å². The van der Waals surface area contributed by atoms with E-state index < -0.39 is 17.9 Å². The van der Waals surface area contributed by atoms with Crippen LogP contribution in [0.5, 0.6) is 0 Å². The molecule has 0 aliphatic heterocycles. The minimum atomic E-state index is -0.942. The smallest absolute Gasteiger partial charge is 0.309 e. The monoisotopic (exact) mass is 520 g/mol. The van der Waals surface area contributed by atoms with Crippen LogP contribution in [0.2, 0.25) is 0 Å². The van der Waals surface area contributed by atoms with Gasteiger partial charge in [-0.15, -0.1) is 0 Å². The molecule has 0 aromatic heterocycles. The highest BCUT2D eigenvalue weighted by molar-refractivity contribution is 5.79. The second kappa shape index (κ2) is 29.0. The number of esters is 1. The Bertz CT molecular complexity index is 555. The third-order valence-corrected chi connectivity index (χ3v) is 7.16. The number of carboxylic acids is 1. The average Bonchev–Trinajstić information content (AvgIpc) is 2.88. The van der Waals surface area contributed by atoms with Gasteiger partial charge in [0.25, 0.3) is 0 Å². The predicted molar refractivity (Wildman–Crippen MR) is 158 cm³/mol. The van der Waals surface area contributed by atoms with Gasteiger partial charge in [-0.2, -0.15) is 0 Å². The molecule has 1 atom stereocenters. The maximum absolute atomic E-state index is 12.0. The molecule has 0 saturated heterocycles. The second-order valence-corrected chi connectivity index (χ2v) is 10.8. The van der Waals surface area contributed by atoms with Crippen molar-refractivity contribution in [3.63, 3.8) is 0 Å². The number of rotatable bonds is 29. The Balaban J connectivity index is 3.36. The Kier molecular flexibility index (Phi) is 27.7. The number of hydrogen-bond acceptors (Lipinski definition) is 3. The molecule has 0 aliphatic carbocycles. The van der Waals surface area contributed by atoms with Crippen molar-refractivity contribution in [3.05, 3.63) is 24.8 Å². The zero-order chi connectivity index (χ0) is 27.2. The van der Waals surface area contributed by atoms with Crippen molar-refractivity contribution in [1.29, 1.82) is 0 Å². The zero-order valence-corrected chi connectivity index (χ0v) is 24.4. The molecule has 1 unspecified atom stereocenters. The van der Waals surface area contributed by atoms with E-state index in [1.54, 1.807) is 0 Å². The summed E-state index contributed by atoms with van der Waals surface area (Å²) in [5.41, 5.74) is 0. The molecule has 0 spiro atoms. The minimum absolute atomic E-state index is 0.145. The number of allylic oxidation sites excluding steroid dienone is 2. The first-order chi connectivity index (χ1) is 18.1. The minimum Gasteiger partial charge on any atom is -0.481 e. The first-order valence-electron chi connectivity index (χ1n) is 15.8. The maximum atomic E-state index is 12.0. The summed E-state index contributed by atoms with van der Waals surface area (Å²) in [5.74, 6) is -1.88. The van der Waals surface area contributed by atoms with E-state index in [2.05, 4.69) is 25.7 Å². The van der Waals surface area contributed by atoms with Gasteiger partial charge >= 0.3 is 11.9 Å². The standard InChI is InChI=1S/C33H60O4/c1-3-5-6-7-8-9-10-11-12-13-14-15-16-17-18-19-20-21-22-23-24-25-26-27-28-31(30-32(34)35)33(36)37-29-4-2/h4,8-9,31H,2-3,5-7,10-30H2,1H3,(H,34,35)/b9-8+. The quantitative estimate of drug-likeness (QED) is 0.0605. The molecule has 1 N–H and O–H groups in total. The second-order valence-electron chi connectivity index (χ2n) is 10.8. The largest absolute Gasteiger partial charge is 0.481 e. The van der Waals surface area contributed by atoms with Gasteiger partial charge < -0.3 is 9.84 Å². The van der Waals surface area contributed by atoms with Crippen LogP contribution >= 0.6 is 0 Å². The number of aliphatic carboxylic acids is 1. The van der Waals surface area contributed by atoms with E-state index in [1.165, 1.54) is 128 Å². The molecule has 0 aromatic carbocycles. The number of carboxylic acid groups (broad SMARTS) is 1.